The maximum atomic E-state index is 5.65. The summed E-state index contributed by atoms with van der Waals surface area (Å²) in [4.78, 5) is 4.23. The van der Waals surface area contributed by atoms with Crippen molar-refractivity contribution in [2.24, 2.45) is 5.73 Å². The summed E-state index contributed by atoms with van der Waals surface area (Å²) in [6.45, 7) is 4.55. The molecule has 0 aliphatic rings. The molecule has 2 rings (SSSR count). The molecule has 3 N–H and O–H groups in total. The molecule has 0 saturated heterocycles. The van der Waals surface area contributed by atoms with Gasteiger partial charge in [-0.1, -0.05) is 6.07 Å². The van der Waals surface area contributed by atoms with Gasteiger partial charge in [0.25, 0.3) is 0 Å². The van der Waals surface area contributed by atoms with Gasteiger partial charge in [0.05, 0.1) is 5.69 Å². The van der Waals surface area contributed by atoms with Gasteiger partial charge in [-0.25, -0.2) is 0 Å². The predicted octanol–water partition coefficient (Wildman–Crippen LogP) is 1.69. The number of aromatic nitrogens is 3. The maximum absolute atomic E-state index is 5.65. The molecule has 2 aromatic rings. The molecule has 0 bridgehead atoms. The Morgan fingerprint density at radius 2 is 1.94 bits per heavy atom. The average Bonchev–Trinajstić information content (AvgIpc) is 2.40. The molecule has 5 nitrogen and oxygen atoms in total. The maximum Gasteiger partial charge on any atom is 0.149 e. The van der Waals surface area contributed by atoms with E-state index in [1.807, 2.05) is 44.2 Å². The van der Waals surface area contributed by atoms with Crippen LogP contribution >= 0.6 is 0 Å². The Morgan fingerprint density at radius 1 is 1.11 bits per heavy atom. The summed E-state index contributed by atoms with van der Waals surface area (Å²) in [5.41, 5.74) is 7.03. The highest BCUT2D eigenvalue weighted by Crippen LogP contribution is 2.15. The molecule has 18 heavy (non-hydrogen) atoms. The first-order valence-electron chi connectivity index (χ1n) is 5.84. The van der Waals surface area contributed by atoms with Crippen LogP contribution in [-0.4, -0.2) is 27.3 Å². The van der Waals surface area contributed by atoms with E-state index in [0.717, 1.165) is 11.4 Å². The standard InChI is InChI=1S/C13H17N5/c1-13(2,9-14)16-12-7-6-11(17-18-12)10-5-3-4-8-15-10/h3-8H,9,14H2,1-2H3,(H,16,18). The minimum atomic E-state index is -0.193. The molecule has 0 amide bonds. The van der Waals surface area contributed by atoms with Crippen LogP contribution in [0.5, 0.6) is 0 Å². The lowest BCUT2D eigenvalue weighted by Crippen LogP contribution is -2.39. The van der Waals surface area contributed by atoms with Crippen molar-refractivity contribution in [3.8, 4) is 11.4 Å². The zero-order chi connectivity index (χ0) is 13.0. The monoisotopic (exact) mass is 243 g/mol. The van der Waals surface area contributed by atoms with E-state index < -0.39 is 0 Å². The third-order valence-corrected chi connectivity index (χ3v) is 2.57. The Bertz CT molecular complexity index is 493. The largest absolute Gasteiger partial charge is 0.362 e. The van der Waals surface area contributed by atoms with Crippen molar-refractivity contribution in [2.45, 2.75) is 19.4 Å². The first-order chi connectivity index (χ1) is 8.61. The quantitative estimate of drug-likeness (QED) is 0.854. The van der Waals surface area contributed by atoms with E-state index in [-0.39, 0.29) is 5.54 Å². The molecule has 0 fully saturated rings. The van der Waals surface area contributed by atoms with Crippen LogP contribution < -0.4 is 11.1 Å². The number of nitrogens with zero attached hydrogens (tertiary/aromatic N) is 3. The minimum Gasteiger partial charge on any atom is -0.362 e. The fourth-order valence-corrected chi connectivity index (χ4v) is 1.45. The van der Waals surface area contributed by atoms with E-state index in [2.05, 4.69) is 20.5 Å². The van der Waals surface area contributed by atoms with Crippen LogP contribution in [0.1, 0.15) is 13.8 Å². The normalized spacial score (nSPS) is 11.3. The highest BCUT2D eigenvalue weighted by molar-refractivity contribution is 5.54. The van der Waals surface area contributed by atoms with Crippen LogP contribution in [0, 0.1) is 0 Å². The molecule has 2 aromatic heterocycles. The number of anilines is 1. The molecule has 0 aromatic carbocycles. The van der Waals surface area contributed by atoms with Crippen molar-refractivity contribution in [2.75, 3.05) is 11.9 Å². The van der Waals surface area contributed by atoms with E-state index in [1.54, 1.807) is 6.20 Å². The lowest BCUT2D eigenvalue weighted by Gasteiger charge is -2.24. The van der Waals surface area contributed by atoms with Gasteiger partial charge in [-0.3, -0.25) is 4.98 Å². The molecule has 0 spiro atoms. The van der Waals surface area contributed by atoms with E-state index in [1.165, 1.54) is 0 Å². The second kappa shape index (κ2) is 5.10. The first kappa shape index (κ1) is 12.4. The molecule has 94 valence electrons. The number of rotatable bonds is 4. The van der Waals surface area contributed by atoms with E-state index in [9.17, 15) is 0 Å². The van der Waals surface area contributed by atoms with E-state index in [4.69, 9.17) is 5.73 Å². The Labute approximate surface area is 106 Å². The van der Waals surface area contributed by atoms with E-state index in [0.29, 0.717) is 12.4 Å². The third kappa shape index (κ3) is 3.01. The smallest absolute Gasteiger partial charge is 0.149 e. The Hall–Kier alpha value is -2.01. The van der Waals surface area contributed by atoms with Crippen molar-refractivity contribution in [3.05, 3.63) is 36.5 Å². The summed E-state index contributed by atoms with van der Waals surface area (Å²) >= 11 is 0. The number of hydrogen-bond acceptors (Lipinski definition) is 5. The van der Waals surface area contributed by atoms with Crippen molar-refractivity contribution >= 4 is 5.82 Å². The zero-order valence-corrected chi connectivity index (χ0v) is 10.6. The molecular weight excluding hydrogens is 226 g/mol. The summed E-state index contributed by atoms with van der Waals surface area (Å²) < 4.78 is 0. The fraction of sp³-hybridized carbons (Fsp3) is 0.308. The van der Waals surface area contributed by atoms with Gasteiger partial charge >= 0.3 is 0 Å². The number of pyridine rings is 1. The van der Waals surface area contributed by atoms with Crippen LogP contribution in [0.15, 0.2) is 36.5 Å². The van der Waals surface area contributed by atoms with Gasteiger partial charge in [0.15, 0.2) is 0 Å². The molecule has 0 aliphatic heterocycles. The average molecular weight is 243 g/mol. The summed E-state index contributed by atoms with van der Waals surface area (Å²) in [5.74, 6) is 0.713. The molecule has 0 radical (unpaired) electrons. The van der Waals surface area contributed by atoms with Gasteiger partial charge in [-0.15, -0.1) is 10.2 Å². The number of nitrogens with two attached hydrogens (primary N) is 1. The Kier molecular flexibility index (Phi) is 3.53. The molecule has 5 heteroatoms. The van der Waals surface area contributed by atoms with Gasteiger partial charge in [0.1, 0.15) is 11.5 Å². The molecule has 2 heterocycles. The molecule has 0 unspecified atom stereocenters. The van der Waals surface area contributed by atoms with Crippen LogP contribution in [-0.2, 0) is 0 Å². The second-order valence-corrected chi connectivity index (χ2v) is 4.73. The van der Waals surface area contributed by atoms with Gasteiger partial charge < -0.3 is 11.1 Å². The summed E-state index contributed by atoms with van der Waals surface area (Å²) in [7, 11) is 0. The SMILES string of the molecule is CC(C)(CN)Nc1ccc(-c2ccccn2)nn1. The highest BCUT2D eigenvalue weighted by atomic mass is 15.2. The van der Waals surface area contributed by atoms with Crippen molar-refractivity contribution in [1.82, 2.24) is 15.2 Å². The van der Waals surface area contributed by atoms with Crippen LogP contribution in [0.2, 0.25) is 0 Å². The Morgan fingerprint density at radius 3 is 2.50 bits per heavy atom. The van der Waals surface area contributed by atoms with Gasteiger partial charge in [-0.05, 0) is 38.1 Å². The van der Waals surface area contributed by atoms with Crippen LogP contribution in [0.25, 0.3) is 11.4 Å². The molecule has 0 saturated carbocycles. The lowest BCUT2D eigenvalue weighted by atomic mass is 10.1. The summed E-state index contributed by atoms with van der Waals surface area (Å²) in [6, 6.07) is 9.48. The van der Waals surface area contributed by atoms with Crippen molar-refractivity contribution < 1.29 is 0 Å². The summed E-state index contributed by atoms with van der Waals surface area (Å²) in [6.07, 6.45) is 1.74. The van der Waals surface area contributed by atoms with E-state index >= 15 is 0 Å². The van der Waals surface area contributed by atoms with Crippen molar-refractivity contribution in [1.29, 1.82) is 0 Å². The predicted molar refractivity (Wildman–Crippen MR) is 72.0 cm³/mol. The second-order valence-electron chi connectivity index (χ2n) is 4.73. The highest BCUT2D eigenvalue weighted by Gasteiger charge is 2.15. The number of hydrogen-bond donors (Lipinski definition) is 2. The zero-order valence-electron chi connectivity index (χ0n) is 10.6. The first-order valence-corrected chi connectivity index (χ1v) is 5.84. The lowest BCUT2D eigenvalue weighted by molar-refractivity contribution is 0.576. The van der Waals surface area contributed by atoms with Crippen LogP contribution in [0.3, 0.4) is 0 Å². The topological polar surface area (TPSA) is 76.7 Å². The van der Waals surface area contributed by atoms with Gasteiger partial charge in [0.2, 0.25) is 0 Å². The minimum absolute atomic E-state index is 0.193. The summed E-state index contributed by atoms with van der Waals surface area (Å²) in [5, 5.41) is 11.5. The van der Waals surface area contributed by atoms with Crippen LogP contribution in [0.4, 0.5) is 5.82 Å². The molecule has 0 atom stereocenters. The van der Waals surface area contributed by atoms with Gasteiger partial charge in [-0.2, -0.15) is 0 Å². The van der Waals surface area contributed by atoms with Crippen molar-refractivity contribution in [3.63, 3.8) is 0 Å². The molecular formula is C13H17N5. The third-order valence-electron chi connectivity index (χ3n) is 2.57. The molecule has 0 aliphatic carbocycles. The Balaban J connectivity index is 2.16. The number of nitrogens with one attached hydrogen (secondary N) is 1. The fourth-order valence-electron chi connectivity index (χ4n) is 1.45. The van der Waals surface area contributed by atoms with Gasteiger partial charge in [0, 0.05) is 18.3 Å².